The highest BCUT2D eigenvalue weighted by molar-refractivity contribution is 5.79. The van der Waals surface area contributed by atoms with Gasteiger partial charge in [0, 0.05) is 7.05 Å². The fourth-order valence-corrected chi connectivity index (χ4v) is 1.85. The Balaban J connectivity index is 2.84. The van der Waals surface area contributed by atoms with E-state index in [4.69, 9.17) is 0 Å². The predicted molar refractivity (Wildman–Crippen MR) is 58.6 cm³/mol. The third-order valence-corrected chi connectivity index (χ3v) is 2.63. The van der Waals surface area contributed by atoms with Gasteiger partial charge in [-0.05, 0) is 12.1 Å². The van der Waals surface area contributed by atoms with E-state index in [1.807, 2.05) is 0 Å². The van der Waals surface area contributed by atoms with E-state index in [2.05, 4.69) is 10.2 Å². The first-order valence-electron chi connectivity index (χ1n) is 4.75. The summed E-state index contributed by atoms with van der Waals surface area (Å²) in [5.74, 6) is 0.314. The van der Waals surface area contributed by atoms with E-state index in [1.54, 1.807) is 31.3 Å². The van der Waals surface area contributed by atoms with Crippen LogP contribution >= 0.6 is 0 Å². The molecule has 80 valence electrons. The molecule has 0 aliphatic heterocycles. The maximum Gasteiger partial charge on any atom is 0.349 e. The highest BCUT2D eigenvalue weighted by Gasteiger charge is 2.10. The lowest BCUT2D eigenvalue weighted by Gasteiger charge is -2.03. The van der Waals surface area contributed by atoms with Gasteiger partial charge in [0.05, 0.1) is 10.9 Å². The molecule has 3 rings (SSSR count). The molecule has 6 nitrogen and oxygen atoms in total. The molecule has 0 saturated heterocycles. The molecule has 0 bridgehead atoms. The summed E-state index contributed by atoms with van der Waals surface area (Å²) in [7, 11) is 1.59. The third-order valence-electron chi connectivity index (χ3n) is 2.63. The van der Waals surface area contributed by atoms with Crippen LogP contribution < -0.4 is 11.2 Å². The lowest BCUT2D eigenvalue weighted by Crippen LogP contribution is -2.22. The van der Waals surface area contributed by atoms with Crippen LogP contribution in [0.25, 0.3) is 16.7 Å². The number of fused-ring (bicyclic) bond motifs is 3. The van der Waals surface area contributed by atoms with Crippen LogP contribution in [-0.2, 0) is 7.05 Å². The molecule has 1 aromatic carbocycles. The molecular weight excluding hydrogens is 208 g/mol. The largest absolute Gasteiger partial charge is 0.349 e. The summed E-state index contributed by atoms with van der Waals surface area (Å²) in [6, 6.07) is 6.96. The average Bonchev–Trinajstić information content (AvgIpc) is 2.69. The van der Waals surface area contributed by atoms with Crippen molar-refractivity contribution in [2.45, 2.75) is 0 Å². The Bertz CT molecular complexity index is 809. The van der Waals surface area contributed by atoms with Gasteiger partial charge < -0.3 is 0 Å². The van der Waals surface area contributed by atoms with Crippen molar-refractivity contribution in [3.05, 3.63) is 45.1 Å². The summed E-state index contributed by atoms with van der Waals surface area (Å²) < 4.78 is 2.73. The van der Waals surface area contributed by atoms with Crippen LogP contribution in [0.15, 0.2) is 33.9 Å². The van der Waals surface area contributed by atoms with Gasteiger partial charge >= 0.3 is 5.69 Å². The number of para-hydroxylation sites is 1. The van der Waals surface area contributed by atoms with Crippen LogP contribution in [0.4, 0.5) is 0 Å². The van der Waals surface area contributed by atoms with Gasteiger partial charge in [0.1, 0.15) is 0 Å². The molecule has 0 aliphatic rings. The van der Waals surface area contributed by atoms with E-state index in [0.29, 0.717) is 16.7 Å². The van der Waals surface area contributed by atoms with E-state index < -0.39 is 0 Å². The molecule has 0 aliphatic carbocycles. The highest BCUT2D eigenvalue weighted by Crippen LogP contribution is 2.08. The van der Waals surface area contributed by atoms with Crippen molar-refractivity contribution in [2.75, 3.05) is 0 Å². The minimum Gasteiger partial charge on any atom is -0.279 e. The Kier molecular flexibility index (Phi) is 1.57. The lowest BCUT2D eigenvalue weighted by atomic mass is 10.2. The van der Waals surface area contributed by atoms with Gasteiger partial charge in [0.2, 0.25) is 5.78 Å². The van der Waals surface area contributed by atoms with E-state index in [0.717, 1.165) is 0 Å². The van der Waals surface area contributed by atoms with Crippen molar-refractivity contribution < 1.29 is 0 Å². The number of aryl methyl sites for hydroxylation is 1. The zero-order valence-corrected chi connectivity index (χ0v) is 8.47. The van der Waals surface area contributed by atoms with Gasteiger partial charge in [-0.2, -0.15) is 0 Å². The van der Waals surface area contributed by atoms with Gasteiger partial charge in [0.25, 0.3) is 5.56 Å². The summed E-state index contributed by atoms with van der Waals surface area (Å²) in [5, 5.41) is 6.65. The number of rotatable bonds is 0. The molecule has 3 aromatic rings. The van der Waals surface area contributed by atoms with Crippen molar-refractivity contribution in [1.82, 2.24) is 19.2 Å². The van der Waals surface area contributed by atoms with Gasteiger partial charge in [0.15, 0.2) is 0 Å². The van der Waals surface area contributed by atoms with Crippen LogP contribution in [0.5, 0.6) is 0 Å². The summed E-state index contributed by atoms with van der Waals surface area (Å²) in [6.45, 7) is 0. The average molecular weight is 216 g/mol. The SMILES string of the molecule is Cn1c(=O)c2ccccc2n2c(=O)[nH]nc12. The third kappa shape index (κ3) is 0.928. The maximum absolute atomic E-state index is 11.9. The molecule has 6 heteroatoms. The molecule has 0 amide bonds. The smallest absolute Gasteiger partial charge is 0.279 e. The molecule has 2 aromatic heterocycles. The fourth-order valence-electron chi connectivity index (χ4n) is 1.85. The molecule has 0 spiro atoms. The first kappa shape index (κ1) is 8.90. The summed E-state index contributed by atoms with van der Waals surface area (Å²) in [5.41, 5.74) is 0.0586. The Morgan fingerprint density at radius 2 is 2.00 bits per heavy atom. The Labute approximate surface area is 88.8 Å². The van der Waals surface area contributed by atoms with Crippen LogP contribution in [0.1, 0.15) is 0 Å². The minimum absolute atomic E-state index is 0.165. The van der Waals surface area contributed by atoms with Crippen LogP contribution in [-0.4, -0.2) is 19.2 Å². The number of nitrogens with zero attached hydrogens (tertiary/aromatic N) is 3. The van der Waals surface area contributed by atoms with Gasteiger partial charge in [-0.25, -0.2) is 14.3 Å². The molecule has 0 saturated carbocycles. The summed E-state index contributed by atoms with van der Waals surface area (Å²) in [6.07, 6.45) is 0. The number of hydrogen-bond donors (Lipinski definition) is 1. The minimum atomic E-state index is -0.346. The van der Waals surface area contributed by atoms with Crippen LogP contribution in [0, 0.1) is 0 Å². The van der Waals surface area contributed by atoms with Crippen LogP contribution in [0.3, 0.4) is 0 Å². The molecule has 0 atom stereocenters. The van der Waals surface area contributed by atoms with Gasteiger partial charge in [-0.3, -0.25) is 9.36 Å². The van der Waals surface area contributed by atoms with Gasteiger partial charge in [-0.15, -0.1) is 5.10 Å². The number of H-pyrrole nitrogens is 1. The Morgan fingerprint density at radius 3 is 2.81 bits per heavy atom. The quantitative estimate of drug-likeness (QED) is 0.569. The van der Waals surface area contributed by atoms with Crippen molar-refractivity contribution >= 4 is 16.7 Å². The van der Waals surface area contributed by atoms with Gasteiger partial charge in [-0.1, -0.05) is 12.1 Å². The molecule has 16 heavy (non-hydrogen) atoms. The zero-order valence-electron chi connectivity index (χ0n) is 8.47. The van der Waals surface area contributed by atoms with Crippen molar-refractivity contribution in [3.8, 4) is 0 Å². The van der Waals surface area contributed by atoms with E-state index in [9.17, 15) is 9.59 Å². The summed E-state index contributed by atoms with van der Waals surface area (Å²) in [4.78, 5) is 23.5. The summed E-state index contributed by atoms with van der Waals surface area (Å²) >= 11 is 0. The standard InChI is InChI=1S/C10H8N4O2/c1-13-8(15)6-4-2-3-5-7(6)14-9(13)11-12-10(14)16/h2-5H,1H3,(H,12,16). The maximum atomic E-state index is 11.9. The van der Waals surface area contributed by atoms with E-state index in [1.165, 1.54) is 8.97 Å². The molecule has 2 heterocycles. The predicted octanol–water partition coefficient (Wildman–Crippen LogP) is -0.126. The molecule has 0 radical (unpaired) electrons. The molecular formula is C10H8N4O2. The monoisotopic (exact) mass is 216 g/mol. The number of benzene rings is 1. The first-order chi connectivity index (χ1) is 7.70. The first-order valence-corrected chi connectivity index (χ1v) is 4.75. The second kappa shape index (κ2) is 2.82. The van der Waals surface area contributed by atoms with E-state index >= 15 is 0 Å². The second-order valence-corrected chi connectivity index (χ2v) is 3.55. The van der Waals surface area contributed by atoms with Crippen LogP contribution in [0.2, 0.25) is 0 Å². The Morgan fingerprint density at radius 1 is 1.25 bits per heavy atom. The number of hydrogen-bond acceptors (Lipinski definition) is 3. The highest BCUT2D eigenvalue weighted by atomic mass is 16.2. The molecule has 0 unspecified atom stereocenters. The van der Waals surface area contributed by atoms with Crippen molar-refractivity contribution in [3.63, 3.8) is 0 Å². The number of aromatic amines is 1. The normalized spacial score (nSPS) is 11.3. The van der Waals surface area contributed by atoms with Crippen molar-refractivity contribution in [1.29, 1.82) is 0 Å². The Hall–Kier alpha value is -2.37. The fraction of sp³-hybridized carbons (Fsp3) is 0.100. The topological polar surface area (TPSA) is 72.2 Å². The molecule has 0 fully saturated rings. The molecule has 1 N–H and O–H groups in total. The zero-order chi connectivity index (χ0) is 11.3. The lowest BCUT2D eigenvalue weighted by molar-refractivity contribution is 0.858. The number of nitrogens with one attached hydrogen (secondary N) is 1. The second-order valence-electron chi connectivity index (χ2n) is 3.55. The number of aromatic nitrogens is 4. The van der Waals surface area contributed by atoms with E-state index in [-0.39, 0.29) is 11.2 Å². The van der Waals surface area contributed by atoms with Crippen molar-refractivity contribution in [2.24, 2.45) is 7.05 Å².